The summed E-state index contributed by atoms with van der Waals surface area (Å²) < 4.78 is 12.8. The molecule has 12 heavy (non-hydrogen) atoms. The van der Waals surface area contributed by atoms with E-state index in [9.17, 15) is 9.59 Å². The lowest BCUT2D eigenvalue weighted by Crippen LogP contribution is -2.36. The van der Waals surface area contributed by atoms with Crippen LogP contribution in [0.1, 0.15) is 6.92 Å². The van der Waals surface area contributed by atoms with Crippen LogP contribution in [0.3, 0.4) is 0 Å². The number of rotatable bonds is 3. The molecule has 0 aliphatic heterocycles. The van der Waals surface area contributed by atoms with Crippen molar-refractivity contribution in [3.63, 3.8) is 0 Å². The first-order valence-corrected chi connectivity index (χ1v) is 3.28. The van der Waals surface area contributed by atoms with Gasteiger partial charge in [0.25, 0.3) is 6.23 Å². The summed E-state index contributed by atoms with van der Waals surface area (Å²) in [6.45, 7) is 1.76. The highest BCUT2D eigenvalue weighted by Gasteiger charge is 2.18. The van der Waals surface area contributed by atoms with Gasteiger partial charge in [-0.15, -0.1) is 0 Å². The number of hydrogen-bond acceptors (Lipinski definition) is 6. The van der Waals surface area contributed by atoms with E-state index < -0.39 is 18.4 Å². The maximum absolute atomic E-state index is 10.6. The van der Waals surface area contributed by atoms with Gasteiger partial charge in [0.15, 0.2) is 0 Å². The molecule has 0 aromatic carbocycles. The van der Waals surface area contributed by atoms with Crippen molar-refractivity contribution in [1.82, 2.24) is 0 Å². The van der Waals surface area contributed by atoms with Crippen molar-refractivity contribution in [3.05, 3.63) is 0 Å². The molecule has 0 amide bonds. The highest BCUT2D eigenvalue weighted by Crippen LogP contribution is 1.91. The van der Waals surface area contributed by atoms with Gasteiger partial charge in [0.2, 0.25) is 0 Å². The van der Waals surface area contributed by atoms with Crippen molar-refractivity contribution in [2.45, 2.75) is 13.2 Å². The minimum absolute atomic E-state index is 0.159. The molecule has 1 atom stereocenters. The van der Waals surface area contributed by atoms with E-state index >= 15 is 0 Å². The van der Waals surface area contributed by atoms with Gasteiger partial charge in [-0.25, -0.2) is 9.59 Å². The molecule has 0 aliphatic carbocycles. The summed E-state index contributed by atoms with van der Waals surface area (Å²) >= 11 is 0. The number of nitrogens with two attached hydrogens (primary N) is 1. The van der Waals surface area contributed by atoms with Crippen molar-refractivity contribution in [2.75, 3.05) is 13.7 Å². The van der Waals surface area contributed by atoms with Gasteiger partial charge in [0, 0.05) is 0 Å². The van der Waals surface area contributed by atoms with Crippen LogP contribution in [0.5, 0.6) is 0 Å². The van der Waals surface area contributed by atoms with Crippen LogP contribution < -0.4 is 5.73 Å². The Morgan fingerprint density at radius 2 is 2.08 bits per heavy atom. The SMILES string of the molecule is CCOC(=O)OC(N)C(=O)OC. The average molecular weight is 177 g/mol. The molecule has 0 saturated heterocycles. The molecule has 0 rings (SSSR count). The Balaban J connectivity index is 3.75. The lowest BCUT2D eigenvalue weighted by molar-refractivity contribution is -0.151. The molecule has 0 spiro atoms. The molecule has 6 nitrogen and oxygen atoms in total. The first-order chi connectivity index (χ1) is 5.61. The van der Waals surface area contributed by atoms with Crippen molar-refractivity contribution >= 4 is 12.1 Å². The smallest absolute Gasteiger partial charge is 0.465 e. The van der Waals surface area contributed by atoms with E-state index in [0.717, 1.165) is 7.11 Å². The summed E-state index contributed by atoms with van der Waals surface area (Å²) in [6, 6.07) is 0. The van der Waals surface area contributed by atoms with Gasteiger partial charge in [-0.05, 0) is 6.92 Å². The topological polar surface area (TPSA) is 87.9 Å². The Bertz CT molecular complexity index is 169. The number of carbonyl (C=O) groups is 2. The van der Waals surface area contributed by atoms with Crippen LogP contribution in [-0.4, -0.2) is 32.1 Å². The van der Waals surface area contributed by atoms with Gasteiger partial charge < -0.3 is 14.2 Å². The number of hydrogen-bond donors (Lipinski definition) is 1. The molecule has 0 bridgehead atoms. The zero-order valence-corrected chi connectivity index (χ0v) is 6.90. The predicted octanol–water partition coefficient (Wildman–Crippen LogP) is -0.383. The molecule has 2 N–H and O–H groups in total. The summed E-state index contributed by atoms with van der Waals surface area (Å²) in [5, 5.41) is 0. The standard InChI is InChI=1S/C6H11NO5/c1-3-11-6(9)12-4(7)5(8)10-2/h4H,3,7H2,1-2H3. The predicted molar refractivity (Wildman–Crippen MR) is 38.1 cm³/mol. The Hall–Kier alpha value is -1.30. The summed E-state index contributed by atoms with van der Waals surface area (Å²) in [7, 11) is 1.14. The van der Waals surface area contributed by atoms with E-state index in [-0.39, 0.29) is 6.61 Å². The fourth-order valence-corrected chi connectivity index (χ4v) is 0.420. The van der Waals surface area contributed by atoms with E-state index in [1.54, 1.807) is 6.92 Å². The van der Waals surface area contributed by atoms with Crippen molar-refractivity contribution in [2.24, 2.45) is 5.73 Å². The maximum Gasteiger partial charge on any atom is 0.510 e. The average Bonchev–Trinajstić information content (AvgIpc) is 2.03. The van der Waals surface area contributed by atoms with Gasteiger partial charge in [-0.2, -0.15) is 0 Å². The molecule has 1 unspecified atom stereocenters. The zero-order valence-electron chi connectivity index (χ0n) is 6.90. The van der Waals surface area contributed by atoms with Crippen molar-refractivity contribution in [1.29, 1.82) is 0 Å². The highest BCUT2D eigenvalue weighted by atomic mass is 16.7. The van der Waals surface area contributed by atoms with Crippen molar-refractivity contribution in [3.8, 4) is 0 Å². The van der Waals surface area contributed by atoms with E-state index in [1.165, 1.54) is 0 Å². The van der Waals surface area contributed by atoms with E-state index in [0.29, 0.717) is 0 Å². The number of esters is 1. The second-order valence-corrected chi connectivity index (χ2v) is 1.74. The van der Waals surface area contributed by atoms with Crippen LogP contribution >= 0.6 is 0 Å². The van der Waals surface area contributed by atoms with E-state index in [4.69, 9.17) is 5.73 Å². The van der Waals surface area contributed by atoms with Crippen LogP contribution in [-0.2, 0) is 19.0 Å². The third kappa shape index (κ3) is 3.77. The summed E-state index contributed by atoms with van der Waals surface area (Å²) in [5.74, 6) is -0.831. The molecule has 0 aromatic rings. The van der Waals surface area contributed by atoms with Crippen LogP contribution in [0.2, 0.25) is 0 Å². The minimum Gasteiger partial charge on any atom is -0.465 e. The molecule has 0 radical (unpaired) electrons. The van der Waals surface area contributed by atoms with E-state index in [1.807, 2.05) is 0 Å². The Morgan fingerprint density at radius 1 is 1.50 bits per heavy atom. The van der Waals surface area contributed by atoms with Gasteiger partial charge >= 0.3 is 12.1 Å². The Labute approximate surface area is 69.6 Å². The Morgan fingerprint density at radius 3 is 2.50 bits per heavy atom. The zero-order chi connectivity index (χ0) is 9.56. The molecule has 0 fully saturated rings. The molecular formula is C6H11NO5. The van der Waals surface area contributed by atoms with Crippen LogP contribution in [0.25, 0.3) is 0 Å². The monoisotopic (exact) mass is 177 g/mol. The van der Waals surface area contributed by atoms with Crippen molar-refractivity contribution < 1.29 is 23.8 Å². The van der Waals surface area contributed by atoms with Gasteiger partial charge in [-0.1, -0.05) is 0 Å². The molecule has 0 saturated carbocycles. The highest BCUT2D eigenvalue weighted by molar-refractivity contribution is 5.76. The van der Waals surface area contributed by atoms with Crippen LogP contribution in [0, 0.1) is 0 Å². The van der Waals surface area contributed by atoms with Crippen LogP contribution in [0.4, 0.5) is 4.79 Å². The summed E-state index contributed by atoms with van der Waals surface area (Å²) in [5.41, 5.74) is 5.06. The minimum atomic E-state index is -1.42. The molecule has 70 valence electrons. The lowest BCUT2D eigenvalue weighted by Gasteiger charge is -2.09. The number of methoxy groups -OCH3 is 1. The fourth-order valence-electron chi connectivity index (χ4n) is 0.420. The number of carbonyl (C=O) groups excluding carboxylic acids is 2. The fraction of sp³-hybridized carbons (Fsp3) is 0.667. The van der Waals surface area contributed by atoms with E-state index in [2.05, 4.69) is 14.2 Å². The Kier molecular flexibility index (Phi) is 4.78. The quantitative estimate of drug-likeness (QED) is 0.467. The maximum atomic E-state index is 10.6. The summed E-state index contributed by atoms with van der Waals surface area (Å²) in [6.07, 6.45) is -2.41. The largest absolute Gasteiger partial charge is 0.510 e. The molecular weight excluding hydrogens is 166 g/mol. The summed E-state index contributed by atoms with van der Waals surface area (Å²) in [4.78, 5) is 21.1. The third-order valence-electron chi connectivity index (χ3n) is 0.919. The molecule has 0 aliphatic rings. The van der Waals surface area contributed by atoms with Gasteiger partial charge in [0.05, 0.1) is 13.7 Å². The first-order valence-electron chi connectivity index (χ1n) is 3.28. The second-order valence-electron chi connectivity index (χ2n) is 1.74. The van der Waals surface area contributed by atoms with Gasteiger partial charge in [-0.3, -0.25) is 5.73 Å². The normalized spacial score (nSPS) is 11.6. The molecule has 0 heterocycles. The number of ether oxygens (including phenoxy) is 3. The van der Waals surface area contributed by atoms with Crippen LogP contribution in [0.15, 0.2) is 0 Å². The molecule has 6 heteroatoms. The third-order valence-corrected chi connectivity index (χ3v) is 0.919. The van der Waals surface area contributed by atoms with Gasteiger partial charge in [0.1, 0.15) is 0 Å². The lowest BCUT2D eigenvalue weighted by atomic mass is 10.6. The first kappa shape index (κ1) is 10.7. The second kappa shape index (κ2) is 5.36. The molecule has 0 aromatic heterocycles.